The summed E-state index contributed by atoms with van der Waals surface area (Å²) in [6.07, 6.45) is 3.52. The Morgan fingerprint density at radius 2 is 1.57 bits per heavy atom. The Morgan fingerprint density at radius 1 is 0.826 bits per heavy atom. The van der Waals surface area contributed by atoms with Crippen molar-refractivity contribution in [1.29, 1.82) is 0 Å². The van der Waals surface area contributed by atoms with Crippen molar-refractivity contribution in [2.24, 2.45) is 0 Å². The maximum absolute atomic E-state index is 12.3. The van der Waals surface area contributed by atoms with Crippen molar-refractivity contribution >= 4 is 34.4 Å². The van der Waals surface area contributed by atoms with Gasteiger partial charge in [0.15, 0.2) is 0 Å². The van der Waals surface area contributed by atoms with Gasteiger partial charge in [0.2, 0.25) is 0 Å². The van der Waals surface area contributed by atoms with Crippen LogP contribution < -0.4 is 5.32 Å². The molecular formula is C19H12N2O2. The van der Waals surface area contributed by atoms with Crippen LogP contribution in [-0.2, 0) is 4.79 Å². The summed E-state index contributed by atoms with van der Waals surface area (Å²) in [6, 6.07) is 16.7. The molecule has 0 radical (unpaired) electrons. The van der Waals surface area contributed by atoms with E-state index < -0.39 is 0 Å². The Labute approximate surface area is 132 Å². The minimum Gasteiger partial charge on any atom is -0.288 e. The molecular weight excluding hydrogens is 288 g/mol. The number of para-hydroxylation sites is 1. The van der Waals surface area contributed by atoms with Gasteiger partial charge in [0.1, 0.15) is 0 Å². The van der Waals surface area contributed by atoms with Crippen molar-refractivity contribution in [3.05, 3.63) is 77.5 Å². The second-order valence-corrected chi connectivity index (χ2v) is 5.30. The lowest BCUT2D eigenvalue weighted by Crippen LogP contribution is -2.36. The van der Waals surface area contributed by atoms with Crippen LogP contribution in [0.5, 0.6) is 0 Å². The summed E-state index contributed by atoms with van der Waals surface area (Å²) < 4.78 is 0. The van der Waals surface area contributed by atoms with Gasteiger partial charge in [-0.05, 0) is 35.4 Å². The number of carbonyl (C=O) groups excluding carboxylic acids is 2. The van der Waals surface area contributed by atoms with E-state index in [9.17, 15) is 9.59 Å². The Bertz CT molecular complexity index is 984. The number of imide groups is 1. The van der Waals surface area contributed by atoms with Gasteiger partial charge in [-0.2, -0.15) is 0 Å². The van der Waals surface area contributed by atoms with Gasteiger partial charge < -0.3 is 0 Å². The largest absolute Gasteiger partial charge is 0.288 e. The Hall–Kier alpha value is -3.27. The number of carbonyl (C=O) groups is 2. The molecule has 23 heavy (non-hydrogen) atoms. The molecule has 0 aliphatic carbocycles. The molecule has 0 saturated heterocycles. The monoisotopic (exact) mass is 300 g/mol. The van der Waals surface area contributed by atoms with Gasteiger partial charge in [-0.15, -0.1) is 0 Å². The molecule has 4 rings (SSSR count). The molecule has 2 amide bonds. The summed E-state index contributed by atoms with van der Waals surface area (Å²) in [4.78, 5) is 28.6. The Morgan fingerprint density at radius 3 is 2.43 bits per heavy atom. The normalized spacial score (nSPS) is 15.6. The van der Waals surface area contributed by atoms with E-state index in [0.29, 0.717) is 16.7 Å². The smallest absolute Gasteiger partial charge is 0.258 e. The van der Waals surface area contributed by atoms with Gasteiger partial charge in [0.05, 0.1) is 5.52 Å². The number of hydrogen-bond donors (Lipinski definition) is 1. The molecule has 4 nitrogen and oxygen atoms in total. The van der Waals surface area contributed by atoms with Crippen LogP contribution in [0, 0.1) is 0 Å². The summed E-state index contributed by atoms with van der Waals surface area (Å²) in [7, 11) is 0. The molecule has 0 spiro atoms. The number of fused-ring (bicyclic) bond motifs is 2. The van der Waals surface area contributed by atoms with Gasteiger partial charge in [-0.3, -0.25) is 19.9 Å². The zero-order chi connectivity index (χ0) is 15.8. The summed E-state index contributed by atoms with van der Waals surface area (Å²) in [5.41, 5.74) is 3.41. The quantitative estimate of drug-likeness (QED) is 0.555. The van der Waals surface area contributed by atoms with Crippen molar-refractivity contribution < 1.29 is 9.59 Å². The van der Waals surface area contributed by atoms with Gasteiger partial charge in [0, 0.05) is 22.7 Å². The first kappa shape index (κ1) is 13.4. The summed E-state index contributed by atoms with van der Waals surface area (Å²) in [5.74, 6) is -0.739. The molecule has 0 unspecified atom stereocenters. The number of amides is 2. The second kappa shape index (κ2) is 5.18. The molecule has 1 aliphatic rings. The third kappa shape index (κ3) is 2.21. The molecule has 110 valence electrons. The van der Waals surface area contributed by atoms with E-state index >= 15 is 0 Å². The number of rotatable bonds is 1. The fourth-order valence-corrected chi connectivity index (χ4v) is 2.82. The van der Waals surface area contributed by atoms with Crippen LogP contribution in [0.15, 0.2) is 60.8 Å². The maximum atomic E-state index is 12.3. The van der Waals surface area contributed by atoms with Crippen molar-refractivity contribution in [3.63, 3.8) is 0 Å². The molecule has 1 aromatic heterocycles. The molecule has 0 fully saturated rings. The van der Waals surface area contributed by atoms with E-state index in [4.69, 9.17) is 0 Å². The third-order valence-corrected chi connectivity index (χ3v) is 3.92. The Balaban J connectivity index is 1.95. The fourth-order valence-electron chi connectivity index (χ4n) is 2.82. The molecule has 4 heteroatoms. The second-order valence-electron chi connectivity index (χ2n) is 5.30. The zero-order valence-corrected chi connectivity index (χ0v) is 12.1. The highest BCUT2D eigenvalue weighted by Crippen LogP contribution is 2.28. The number of hydrogen-bond acceptors (Lipinski definition) is 3. The molecule has 2 aromatic carbocycles. The average Bonchev–Trinajstić information content (AvgIpc) is 2.59. The highest BCUT2D eigenvalue weighted by atomic mass is 16.2. The molecule has 3 aromatic rings. The molecule has 1 N–H and O–H groups in total. The summed E-state index contributed by atoms with van der Waals surface area (Å²) >= 11 is 0. The van der Waals surface area contributed by atoms with Crippen LogP contribution in [0.3, 0.4) is 0 Å². The van der Waals surface area contributed by atoms with Gasteiger partial charge >= 0.3 is 0 Å². The van der Waals surface area contributed by atoms with E-state index in [1.54, 1.807) is 24.4 Å². The minimum atomic E-state index is -0.380. The fraction of sp³-hybridized carbons (Fsp3) is 0. The van der Waals surface area contributed by atoms with Crippen LogP contribution >= 0.6 is 0 Å². The van der Waals surface area contributed by atoms with E-state index in [0.717, 1.165) is 16.5 Å². The lowest BCUT2D eigenvalue weighted by atomic mass is 9.93. The number of nitrogens with zero attached hydrogens (tertiary/aromatic N) is 1. The SMILES string of the molecule is O=C1NC(=O)c2ccccc2/C1=C/c1ccnc2ccccc12. The van der Waals surface area contributed by atoms with Crippen molar-refractivity contribution in [2.45, 2.75) is 0 Å². The van der Waals surface area contributed by atoms with Crippen molar-refractivity contribution in [3.8, 4) is 0 Å². The highest BCUT2D eigenvalue weighted by molar-refractivity contribution is 6.34. The van der Waals surface area contributed by atoms with Gasteiger partial charge in [-0.25, -0.2) is 0 Å². The van der Waals surface area contributed by atoms with Crippen LogP contribution in [0.1, 0.15) is 21.5 Å². The number of aromatic nitrogens is 1. The van der Waals surface area contributed by atoms with Gasteiger partial charge in [-0.1, -0.05) is 36.4 Å². The topological polar surface area (TPSA) is 59.1 Å². The molecule has 0 atom stereocenters. The first-order chi connectivity index (χ1) is 11.2. The first-order valence-corrected chi connectivity index (χ1v) is 7.24. The van der Waals surface area contributed by atoms with Crippen LogP contribution in [0.4, 0.5) is 0 Å². The molecule has 0 saturated carbocycles. The summed E-state index contributed by atoms with van der Waals surface area (Å²) in [5, 5.41) is 3.35. The zero-order valence-electron chi connectivity index (χ0n) is 12.1. The predicted octanol–water partition coefficient (Wildman–Crippen LogP) is 3.05. The highest BCUT2D eigenvalue weighted by Gasteiger charge is 2.26. The van der Waals surface area contributed by atoms with E-state index in [-0.39, 0.29) is 11.8 Å². The van der Waals surface area contributed by atoms with Crippen LogP contribution in [0.25, 0.3) is 22.6 Å². The van der Waals surface area contributed by atoms with Crippen LogP contribution in [-0.4, -0.2) is 16.8 Å². The lowest BCUT2D eigenvalue weighted by Gasteiger charge is -2.18. The number of nitrogens with one attached hydrogen (secondary N) is 1. The Kier molecular flexibility index (Phi) is 3.01. The standard InChI is InChI=1S/C19H12N2O2/c22-18-15-7-2-1-6-14(15)16(19(23)21-18)11-12-9-10-20-17-8-4-3-5-13(12)17/h1-11H,(H,21,22,23)/b16-11-. The molecule has 0 bridgehead atoms. The minimum absolute atomic E-state index is 0.359. The third-order valence-electron chi connectivity index (χ3n) is 3.92. The van der Waals surface area contributed by atoms with Crippen molar-refractivity contribution in [2.75, 3.05) is 0 Å². The molecule has 1 aliphatic heterocycles. The van der Waals surface area contributed by atoms with Crippen molar-refractivity contribution in [1.82, 2.24) is 10.3 Å². The number of benzene rings is 2. The number of pyridine rings is 1. The maximum Gasteiger partial charge on any atom is 0.258 e. The van der Waals surface area contributed by atoms with E-state index in [1.165, 1.54) is 0 Å². The van der Waals surface area contributed by atoms with E-state index in [1.807, 2.05) is 42.5 Å². The lowest BCUT2D eigenvalue weighted by molar-refractivity contribution is -0.114. The van der Waals surface area contributed by atoms with Gasteiger partial charge in [0.25, 0.3) is 11.8 Å². The average molecular weight is 300 g/mol. The predicted molar refractivity (Wildman–Crippen MR) is 88.5 cm³/mol. The van der Waals surface area contributed by atoms with E-state index in [2.05, 4.69) is 10.3 Å². The first-order valence-electron chi connectivity index (χ1n) is 7.24. The molecule has 2 heterocycles. The van der Waals surface area contributed by atoms with Crippen LogP contribution in [0.2, 0.25) is 0 Å². The summed E-state index contributed by atoms with van der Waals surface area (Å²) in [6.45, 7) is 0.